The summed E-state index contributed by atoms with van der Waals surface area (Å²) in [7, 11) is 0. The van der Waals surface area contributed by atoms with E-state index in [4.69, 9.17) is 30.6 Å². The highest BCUT2D eigenvalue weighted by Gasteiger charge is 2.12. The van der Waals surface area contributed by atoms with Crippen molar-refractivity contribution in [1.29, 1.82) is 0 Å². The monoisotopic (exact) mass is 240 g/mol. The van der Waals surface area contributed by atoms with Gasteiger partial charge in [-0.1, -0.05) is 0 Å². The van der Waals surface area contributed by atoms with Crippen molar-refractivity contribution in [2.75, 3.05) is 13.2 Å². The van der Waals surface area contributed by atoms with Crippen LogP contribution in [0.25, 0.3) is 0 Å². The van der Waals surface area contributed by atoms with Gasteiger partial charge in [-0.25, -0.2) is 0 Å². The van der Waals surface area contributed by atoms with Gasteiger partial charge in [-0.05, 0) is 0 Å². The predicted octanol–water partition coefficient (Wildman–Crippen LogP) is -4.20. The van der Waals surface area contributed by atoms with E-state index in [0.29, 0.717) is 0 Å². The van der Waals surface area contributed by atoms with E-state index in [1.807, 2.05) is 0 Å². The molecule has 8 nitrogen and oxygen atoms in total. The molecule has 0 saturated carbocycles. The maximum absolute atomic E-state index is 9.58. The van der Waals surface area contributed by atoms with Crippen LogP contribution in [0.15, 0.2) is 0 Å². The van der Waals surface area contributed by atoms with Crippen molar-refractivity contribution in [2.45, 2.75) is 24.4 Å². The average molecular weight is 240 g/mol. The van der Waals surface area contributed by atoms with Crippen LogP contribution in [-0.4, -0.2) is 80.8 Å². The first-order valence-corrected chi connectivity index (χ1v) is 4.29. The van der Waals surface area contributed by atoms with Crippen molar-refractivity contribution in [1.82, 2.24) is 0 Å². The molecule has 0 fully saturated rings. The topological polar surface area (TPSA) is 156 Å². The first-order valence-electron chi connectivity index (χ1n) is 4.29. The third kappa shape index (κ3) is 8.41. The second-order valence-corrected chi connectivity index (χ2v) is 2.75. The van der Waals surface area contributed by atoms with E-state index in [1.54, 1.807) is 0 Å². The van der Waals surface area contributed by atoms with Gasteiger partial charge in [0.15, 0.2) is 12.6 Å². The number of hydrogen-bond donors (Lipinski definition) is 6. The zero-order chi connectivity index (χ0) is 13.1. The number of aldehydes is 2. The van der Waals surface area contributed by atoms with Crippen LogP contribution >= 0.6 is 0 Å². The third-order valence-electron chi connectivity index (χ3n) is 1.44. The Morgan fingerprint density at radius 3 is 1.06 bits per heavy atom. The molecule has 0 unspecified atom stereocenters. The molecular formula is C8H16O8. The van der Waals surface area contributed by atoms with Crippen molar-refractivity contribution in [3.8, 4) is 0 Å². The van der Waals surface area contributed by atoms with E-state index >= 15 is 0 Å². The molecular weight excluding hydrogens is 224 g/mol. The van der Waals surface area contributed by atoms with E-state index in [9.17, 15) is 9.59 Å². The van der Waals surface area contributed by atoms with Crippen LogP contribution in [0.1, 0.15) is 0 Å². The second kappa shape index (κ2) is 10.6. The maximum Gasteiger partial charge on any atom is 0.151 e. The van der Waals surface area contributed by atoms with Crippen molar-refractivity contribution < 1.29 is 40.2 Å². The fourth-order valence-corrected chi connectivity index (χ4v) is 0.397. The summed E-state index contributed by atoms with van der Waals surface area (Å²) in [4.78, 5) is 19.2. The Labute approximate surface area is 91.4 Å². The molecule has 0 aromatic rings. The van der Waals surface area contributed by atoms with Crippen LogP contribution in [0.3, 0.4) is 0 Å². The first kappa shape index (κ1) is 17.5. The summed E-state index contributed by atoms with van der Waals surface area (Å²) in [5.41, 5.74) is 0. The van der Waals surface area contributed by atoms with Gasteiger partial charge in [0.1, 0.15) is 24.4 Å². The van der Waals surface area contributed by atoms with E-state index in [1.165, 1.54) is 0 Å². The zero-order valence-corrected chi connectivity index (χ0v) is 8.38. The molecule has 0 aliphatic heterocycles. The molecule has 0 amide bonds. The average Bonchev–Trinajstić information content (AvgIpc) is 2.35. The minimum absolute atomic E-state index is 0.168. The van der Waals surface area contributed by atoms with Crippen LogP contribution in [0.4, 0.5) is 0 Å². The normalized spacial score (nSPS) is 17.4. The van der Waals surface area contributed by atoms with Crippen LogP contribution in [0.2, 0.25) is 0 Å². The number of hydrogen-bond acceptors (Lipinski definition) is 8. The van der Waals surface area contributed by atoms with Gasteiger partial charge in [0, 0.05) is 0 Å². The fourth-order valence-electron chi connectivity index (χ4n) is 0.397. The highest BCUT2D eigenvalue weighted by atomic mass is 16.4. The second-order valence-electron chi connectivity index (χ2n) is 2.75. The number of aliphatic hydroxyl groups is 6. The lowest BCUT2D eigenvalue weighted by Crippen LogP contribution is -2.30. The Bertz CT molecular complexity index is 165. The van der Waals surface area contributed by atoms with E-state index < -0.39 is 37.6 Å². The van der Waals surface area contributed by atoms with E-state index in [0.717, 1.165) is 0 Å². The minimum Gasteiger partial charge on any atom is -0.394 e. The Morgan fingerprint density at radius 2 is 1.00 bits per heavy atom. The molecule has 0 radical (unpaired) electrons. The Kier molecular flexibility index (Phi) is 11.6. The smallest absolute Gasteiger partial charge is 0.151 e. The zero-order valence-electron chi connectivity index (χ0n) is 8.38. The summed E-state index contributed by atoms with van der Waals surface area (Å²) in [6, 6.07) is 0. The first-order chi connectivity index (χ1) is 7.44. The van der Waals surface area contributed by atoms with E-state index in [-0.39, 0.29) is 12.6 Å². The molecule has 0 aromatic heterocycles. The van der Waals surface area contributed by atoms with Crippen LogP contribution < -0.4 is 0 Å². The molecule has 0 heterocycles. The summed E-state index contributed by atoms with van der Waals surface area (Å²) >= 11 is 0. The Hall–Kier alpha value is -0.900. The molecule has 6 N–H and O–H groups in total. The summed E-state index contributed by atoms with van der Waals surface area (Å²) in [6.07, 6.45) is -5.26. The molecule has 96 valence electrons. The highest BCUT2D eigenvalue weighted by molar-refractivity contribution is 5.56. The van der Waals surface area contributed by atoms with Crippen molar-refractivity contribution in [3.05, 3.63) is 0 Å². The Morgan fingerprint density at radius 1 is 0.750 bits per heavy atom. The number of aliphatic hydroxyl groups excluding tert-OH is 6. The standard InChI is InChI=1S/2C4H8O4/c2*5-1-3(7)4(8)2-6/h2*1,3-4,6-8H,2H2/t2*3-,4-/m10/s1. The third-order valence-corrected chi connectivity index (χ3v) is 1.44. The number of carbonyl (C=O) groups excluding carboxylic acids is 2. The van der Waals surface area contributed by atoms with Crippen LogP contribution in [-0.2, 0) is 9.59 Å². The molecule has 0 bridgehead atoms. The number of carbonyl (C=O) groups is 2. The SMILES string of the molecule is O=C[C@@H](O)[C@H](O)CO.O=C[C@H](O)[C@@H](O)CO. The van der Waals surface area contributed by atoms with Gasteiger partial charge in [-0.3, -0.25) is 0 Å². The molecule has 8 heteroatoms. The van der Waals surface area contributed by atoms with Crippen LogP contribution in [0.5, 0.6) is 0 Å². The summed E-state index contributed by atoms with van der Waals surface area (Å²) in [5.74, 6) is 0. The van der Waals surface area contributed by atoms with Gasteiger partial charge in [0.05, 0.1) is 13.2 Å². The highest BCUT2D eigenvalue weighted by Crippen LogP contribution is 1.86. The van der Waals surface area contributed by atoms with E-state index in [2.05, 4.69) is 0 Å². The van der Waals surface area contributed by atoms with Gasteiger partial charge in [0.2, 0.25) is 0 Å². The van der Waals surface area contributed by atoms with Crippen molar-refractivity contribution >= 4 is 12.6 Å². The van der Waals surface area contributed by atoms with Gasteiger partial charge in [-0.2, -0.15) is 0 Å². The molecule has 0 aliphatic carbocycles. The molecule has 0 aromatic carbocycles. The maximum atomic E-state index is 9.58. The number of rotatable bonds is 6. The quantitative estimate of drug-likeness (QED) is 0.255. The minimum atomic E-state index is -1.46. The molecule has 0 aliphatic rings. The summed E-state index contributed by atoms with van der Waals surface area (Å²) < 4.78 is 0. The lowest BCUT2D eigenvalue weighted by Gasteiger charge is -2.06. The summed E-state index contributed by atoms with van der Waals surface area (Å²) in [5, 5.41) is 49.6. The van der Waals surface area contributed by atoms with Gasteiger partial charge < -0.3 is 40.2 Å². The largest absolute Gasteiger partial charge is 0.394 e. The predicted molar refractivity (Wildman–Crippen MR) is 50.3 cm³/mol. The lowest BCUT2D eigenvalue weighted by molar-refractivity contribution is -0.122. The van der Waals surface area contributed by atoms with Crippen molar-refractivity contribution in [3.63, 3.8) is 0 Å². The summed E-state index contributed by atoms with van der Waals surface area (Å²) in [6.45, 7) is -1.19. The molecule has 0 rings (SSSR count). The fraction of sp³-hybridized carbons (Fsp3) is 0.750. The molecule has 0 saturated heterocycles. The Balaban J connectivity index is 0. The molecule has 16 heavy (non-hydrogen) atoms. The van der Waals surface area contributed by atoms with Gasteiger partial charge in [0.25, 0.3) is 0 Å². The van der Waals surface area contributed by atoms with Gasteiger partial charge >= 0.3 is 0 Å². The molecule has 0 spiro atoms. The van der Waals surface area contributed by atoms with Crippen molar-refractivity contribution in [2.24, 2.45) is 0 Å². The van der Waals surface area contributed by atoms with Crippen LogP contribution in [0, 0.1) is 0 Å². The lowest BCUT2D eigenvalue weighted by atomic mass is 10.2. The van der Waals surface area contributed by atoms with Gasteiger partial charge in [-0.15, -0.1) is 0 Å². The molecule has 4 atom stereocenters.